The Hall–Kier alpha value is -7.45. The molecular formula is C47H49N11O6. The quantitative estimate of drug-likeness (QED) is 0.0545. The van der Waals surface area contributed by atoms with Crippen molar-refractivity contribution in [3.8, 4) is 28.8 Å². The lowest BCUT2D eigenvalue weighted by Crippen LogP contribution is -2.54. The first-order valence-corrected chi connectivity index (χ1v) is 21.4. The summed E-state index contributed by atoms with van der Waals surface area (Å²) in [5.74, 6) is -0.860. The Kier molecular flexibility index (Phi) is 12.2. The number of nitrogens with one attached hydrogen (secondary N) is 2. The molecular weight excluding hydrogens is 815 g/mol. The summed E-state index contributed by atoms with van der Waals surface area (Å²) in [6.07, 6.45) is 6.16. The molecule has 17 nitrogen and oxygen atoms in total. The van der Waals surface area contributed by atoms with Gasteiger partial charge in [0.1, 0.15) is 47.0 Å². The van der Waals surface area contributed by atoms with E-state index >= 15 is 0 Å². The average molecular weight is 864 g/mol. The van der Waals surface area contributed by atoms with Gasteiger partial charge in [0.15, 0.2) is 5.65 Å². The van der Waals surface area contributed by atoms with E-state index in [9.17, 15) is 29.2 Å². The number of amides is 5. The number of rotatable bonds is 14. The normalized spacial score (nSPS) is 18.0. The monoisotopic (exact) mass is 863 g/mol. The maximum atomic E-state index is 14.1. The van der Waals surface area contributed by atoms with E-state index < -0.39 is 35.2 Å². The molecule has 0 bridgehead atoms. The van der Waals surface area contributed by atoms with Gasteiger partial charge in [-0.1, -0.05) is 24.3 Å². The lowest BCUT2D eigenvalue weighted by molar-refractivity contribution is -0.136. The number of nitriles is 1. The number of likely N-dealkylation sites (N-methyl/N-ethyl adjacent to an activating group) is 1. The van der Waals surface area contributed by atoms with E-state index in [1.165, 1.54) is 6.33 Å². The van der Waals surface area contributed by atoms with Crippen LogP contribution in [-0.2, 0) is 14.4 Å². The maximum Gasteiger partial charge on any atom is 0.264 e. The van der Waals surface area contributed by atoms with Crippen LogP contribution in [0.25, 0.3) is 22.3 Å². The number of piperidine rings is 2. The standard InChI is InChI=1S/C47H49N11O6/c1-47(2,55(3)23-8-7-22-50-35-15-9-14-34-38(35)46(63)57(45(34)62)36-20-21-37(59)53-43(36)60)25-30(26-48)44(61)56-24-10-11-31(27-56)58-42-39(41(49)51-28-52-42)40(54-58)29-16-18-33(19-17-29)64-32-12-5-4-6-13-32/h4-6,9,12-19,25,28,31,36,50H,7-8,10-11,20-24,27H2,1-3H3,(H2,49,51,52)(H,53,59,60). The predicted molar refractivity (Wildman–Crippen MR) is 238 cm³/mol. The number of nitrogens with two attached hydrogens (primary N) is 1. The highest BCUT2D eigenvalue weighted by atomic mass is 16.5. The molecule has 2 saturated heterocycles. The number of fused-ring (bicyclic) bond motifs is 2. The summed E-state index contributed by atoms with van der Waals surface area (Å²) in [4.78, 5) is 78.5. The van der Waals surface area contributed by atoms with Crippen LogP contribution < -0.4 is 21.1 Å². The summed E-state index contributed by atoms with van der Waals surface area (Å²) in [5, 5.41) is 21.4. The van der Waals surface area contributed by atoms with Crippen LogP contribution in [0.2, 0.25) is 0 Å². The maximum absolute atomic E-state index is 14.1. The summed E-state index contributed by atoms with van der Waals surface area (Å²) < 4.78 is 7.82. The fraction of sp³-hybridized carbons (Fsp3) is 0.340. The van der Waals surface area contributed by atoms with Gasteiger partial charge in [-0.25, -0.2) is 14.6 Å². The summed E-state index contributed by atoms with van der Waals surface area (Å²) in [6.45, 7) is 5.87. The molecule has 0 saturated carbocycles. The Morgan fingerprint density at radius 2 is 1.77 bits per heavy atom. The zero-order chi connectivity index (χ0) is 45.1. The number of hydrogen-bond acceptors (Lipinski definition) is 13. The van der Waals surface area contributed by atoms with E-state index in [1.807, 2.05) is 80.2 Å². The highest BCUT2D eigenvalue weighted by Crippen LogP contribution is 2.36. The van der Waals surface area contributed by atoms with Gasteiger partial charge in [0, 0.05) is 42.8 Å². The summed E-state index contributed by atoms with van der Waals surface area (Å²) >= 11 is 0. The zero-order valence-electron chi connectivity index (χ0n) is 35.9. The number of para-hydroxylation sites is 1. The molecule has 3 aromatic carbocycles. The summed E-state index contributed by atoms with van der Waals surface area (Å²) in [6, 6.07) is 23.0. The third-order valence-electron chi connectivity index (χ3n) is 12.2. The van der Waals surface area contributed by atoms with Crippen LogP contribution in [-0.4, -0.2) is 109 Å². The van der Waals surface area contributed by atoms with E-state index in [4.69, 9.17) is 15.6 Å². The van der Waals surface area contributed by atoms with Crippen molar-refractivity contribution in [2.75, 3.05) is 44.3 Å². The van der Waals surface area contributed by atoms with E-state index in [0.717, 1.165) is 29.1 Å². The molecule has 0 radical (unpaired) electrons. The number of imide groups is 2. The topological polar surface area (TPSA) is 222 Å². The Morgan fingerprint density at radius 3 is 2.52 bits per heavy atom. The largest absolute Gasteiger partial charge is 0.457 e. The van der Waals surface area contributed by atoms with Crippen LogP contribution >= 0.6 is 0 Å². The number of nitrogen functional groups attached to an aromatic ring is 1. The van der Waals surface area contributed by atoms with Crippen molar-refractivity contribution in [1.82, 2.24) is 39.8 Å². The SMILES string of the molecule is CN(CCCCNc1cccc2c1C(=O)N(C1CCC(=O)NC1=O)C2=O)C(C)(C)C=C(C#N)C(=O)N1CCCC(n2nc(-c3ccc(Oc4ccccc4)cc3)c3c(N)ncnc32)C1. The molecule has 5 aromatic rings. The summed E-state index contributed by atoms with van der Waals surface area (Å²) in [5.41, 5.74) is 8.75. The highest BCUT2D eigenvalue weighted by molar-refractivity contribution is 6.25. The van der Waals surface area contributed by atoms with Gasteiger partial charge >= 0.3 is 0 Å². The molecule has 0 aliphatic carbocycles. The van der Waals surface area contributed by atoms with Crippen LogP contribution in [0.1, 0.15) is 79.1 Å². The van der Waals surface area contributed by atoms with Gasteiger partial charge in [-0.3, -0.25) is 39.1 Å². The van der Waals surface area contributed by atoms with Crippen LogP contribution in [0.15, 0.2) is 90.8 Å². The minimum absolute atomic E-state index is 0.0478. The minimum atomic E-state index is -1.04. The van der Waals surface area contributed by atoms with Gasteiger partial charge in [-0.15, -0.1) is 0 Å². The van der Waals surface area contributed by atoms with Crippen molar-refractivity contribution >= 4 is 52.1 Å². The lowest BCUT2D eigenvalue weighted by atomic mass is 9.97. The number of carbonyl (C=O) groups is 5. The van der Waals surface area contributed by atoms with E-state index in [0.29, 0.717) is 73.0 Å². The fourth-order valence-electron chi connectivity index (χ4n) is 8.52. The molecule has 2 atom stereocenters. The van der Waals surface area contributed by atoms with Crippen LogP contribution in [0.5, 0.6) is 11.5 Å². The molecule has 17 heteroatoms. The number of ether oxygens (including phenoxy) is 1. The van der Waals surface area contributed by atoms with E-state index in [-0.39, 0.29) is 41.5 Å². The minimum Gasteiger partial charge on any atom is -0.457 e. The molecule has 328 valence electrons. The molecule has 2 fully saturated rings. The van der Waals surface area contributed by atoms with Gasteiger partial charge in [-0.2, -0.15) is 10.4 Å². The highest BCUT2D eigenvalue weighted by Gasteiger charge is 2.45. The van der Waals surface area contributed by atoms with Crippen LogP contribution in [0.3, 0.4) is 0 Å². The van der Waals surface area contributed by atoms with E-state index in [2.05, 4.69) is 31.6 Å². The molecule has 8 rings (SSSR count). The van der Waals surface area contributed by atoms with Crippen molar-refractivity contribution in [3.05, 3.63) is 102 Å². The predicted octanol–water partition coefficient (Wildman–Crippen LogP) is 5.49. The average Bonchev–Trinajstić information content (AvgIpc) is 3.81. The van der Waals surface area contributed by atoms with Gasteiger partial charge < -0.3 is 20.7 Å². The molecule has 5 heterocycles. The lowest BCUT2D eigenvalue weighted by Gasteiger charge is -2.35. The summed E-state index contributed by atoms with van der Waals surface area (Å²) in [7, 11) is 1.94. The molecule has 2 unspecified atom stereocenters. The Labute approximate surface area is 369 Å². The molecule has 3 aliphatic heterocycles. The van der Waals surface area contributed by atoms with Crippen molar-refractivity contribution in [2.24, 2.45) is 0 Å². The molecule has 4 N–H and O–H groups in total. The van der Waals surface area contributed by atoms with Crippen molar-refractivity contribution in [3.63, 3.8) is 0 Å². The first kappa shape index (κ1) is 43.2. The molecule has 64 heavy (non-hydrogen) atoms. The third kappa shape index (κ3) is 8.64. The Balaban J connectivity index is 0.884. The van der Waals surface area contributed by atoms with Crippen molar-refractivity contribution < 1.29 is 28.7 Å². The Morgan fingerprint density at radius 1 is 1.00 bits per heavy atom. The smallest absolute Gasteiger partial charge is 0.264 e. The Bertz CT molecular complexity index is 2710. The molecule has 0 spiro atoms. The zero-order valence-corrected chi connectivity index (χ0v) is 35.9. The number of hydrogen-bond donors (Lipinski definition) is 3. The van der Waals surface area contributed by atoms with Crippen LogP contribution in [0.4, 0.5) is 11.5 Å². The first-order valence-electron chi connectivity index (χ1n) is 21.4. The molecule has 2 aromatic heterocycles. The molecule has 3 aliphatic rings. The fourth-order valence-corrected chi connectivity index (χ4v) is 8.52. The van der Waals surface area contributed by atoms with Crippen molar-refractivity contribution in [2.45, 2.75) is 70.0 Å². The van der Waals surface area contributed by atoms with Gasteiger partial charge in [0.25, 0.3) is 17.7 Å². The number of carbonyl (C=O) groups excluding carboxylic acids is 5. The number of aromatic nitrogens is 4. The van der Waals surface area contributed by atoms with Gasteiger partial charge in [0.2, 0.25) is 11.8 Å². The van der Waals surface area contributed by atoms with E-state index in [1.54, 1.807) is 29.2 Å². The second-order valence-electron chi connectivity index (χ2n) is 16.8. The second-order valence-corrected chi connectivity index (χ2v) is 16.8. The second kappa shape index (κ2) is 18.1. The van der Waals surface area contributed by atoms with Crippen LogP contribution in [0, 0.1) is 11.3 Å². The number of anilines is 2. The molecule has 5 amide bonds. The van der Waals surface area contributed by atoms with Gasteiger partial charge in [0.05, 0.1) is 22.6 Å². The van der Waals surface area contributed by atoms with Gasteiger partial charge in [-0.05, 0) is 114 Å². The number of benzene rings is 3. The van der Waals surface area contributed by atoms with Crippen molar-refractivity contribution in [1.29, 1.82) is 5.26 Å². The first-order chi connectivity index (χ1) is 30.8. The third-order valence-corrected chi connectivity index (χ3v) is 12.2. The number of likely N-dealkylation sites (tertiary alicyclic amines) is 1. The number of unbranched alkanes of at least 4 members (excludes halogenated alkanes) is 1. The number of nitrogens with zero attached hydrogens (tertiary/aromatic N) is 8.